The number of rotatable bonds is 21. The summed E-state index contributed by atoms with van der Waals surface area (Å²) in [4.78, 5) is 64.4. The molecule has 2 aromatic carbocycles. The first kappa shape index (κ1) is 38.0. The molecule has 0 atom stereocenters. The van der Waals surface area contributed by atoms with Crippen LogP contribution < -0.4 is 0 Å². The molecule has 0 aromatic heterocycles. The van der Waals surface area contributed by atoms with Crippen LogP contribution in [0.1, 0.15) is 136 Å². The molecule has 46 heavy (non-hydrogen) atoms. The number of carbonyl (C=O) groups is 4. The second kappa shape index (κ2) is 22.4. The Hall–Kier alpha value is -4.16. The third-order valence-electron chi connectivity index (χ3n) is 7.03. The second-order valence-corrected chi connectivity index (χ2v) is 11.3. The molecule has 0 N–H and O–H groups in total. The summed E-state index contributed by atoms with van der Waals surface area (Å²) >= 11 is 0. The first-order valence-corrected chi connectivity index (χ1v) is 15.8. The van der Waals surface area contributed by atoms with Gasteiger partial charge in [-0.1, -0.05) is 103 Å². The first-order valence-electron chi connectivity index (χ1n) is 15.8. The van der Waals surface area contributed by atoms with Crippen molar-refractivity contribution >= 4 is 24.2 Å². The minimum atomic E-state index is -1.08. The fourth-order valence-electron chi connectivity index (χ4n) is 4.23. The Balaban J connectivity index is 1.33. The number of ether oxygens (including phenoxy) is 2. The van der Waals surface area contributed by atoms with Crippen molar-refractivity contribution in [1.82, 2.24) is 0 Å². The molecule has 0 aliphatic carbocycles. The average molecular weight is 647 g/mol. The Morgan fingerprint density at radius 1 is 0.457 bits per heavy atom. The summed E-state index contributed by atoms with van der Waals surface area (Å²) in [6, 6.07) is 13.7. The Kier molecular flexibility index (Phi) is 18.5. The van der Waals surface area contributed by atoms with E-state index in [1.54, 1.807) is 24.3 Å². The fourth-order valence-corrected chi connectivity index (χ4v) is 4.23. The highest BCUT2D eigenvalue weighted by molar-refractivity contribution is 5.89. The molecule has 0 spiro atoms. The van der Waals surface area contributed by atoms with Crippen LogP contribution in [-0.4, -0.2) is 37.5 Å². The summed E-state index contributed by atoms with van der Waals surface area (Å²) < 4.78 is 9.78. The first-order chi connectivity index (χ1) is 22.2. The molecular weight excluding hydrogens is 600 g/mol. The predicted octanol–water partition coefficient (Wildman–Crippen LogP) is 8.85. The SMILES string of the molecule is CC(C)c1ccc(C(=O)OOOC(=O)OCCCCCCCCCCCCOC(=O)OOOC(=O)c2ccc(C(C)C)cc2)cc1. The quantitative estimate of drug-likeness (QED) is 0.0553. The zero-order chi connectivity index (χ0) is 33.6. The molecule has 0 saturated carbocycles. The van der Waals surface area contributed by atoms with Gasteiger partial charge in [0, 0.05) is 0 Å². The van der Waals surface area contributed by atoms with Crippen LogP contribution in [-0.2, 0) is 39.1 Å². The molecule has 0 aliphatic rings. The van der Waals surface area contributed by atoms with Gasteiger partial charge in [-0.3, -0.25) is 9.78 Å². The van der Waals surface area contributed by atoms with Crippen LogP contribution in [0.25, 0.3) is 0 Å². The summed E-state index contributed by atoms with van der Waals surface area (Å²) in [5, 5.41) is 8.47. The topological polar surface area (TPSA) is 142 Å². The van der Waals surface area contributed by atoms with E-state index in [2.05, 4.69) is 29.6 Å². The summed E-state index contributed by atoms with van der Waals surface area (Å²) in [5.41, 5.74) is 2.69. The number of benzene rings is 2. The Bertz CT molecular complexity index is 1080. The highest BCUT2D eigenvalue weighted by atomic mass is 17.5. The van der Waals surface area contributed by atoms with E-state index in [4.69, 9.17) is 9.47 Å². The largest absolute Gasteiger partial charge is 0.543 e. The van der Waals surface area contributed by atoms with Crippen LogP contribution in [0.5, 0.6) is 0 Å². The molecule has 0 unspecified atom stereocenters. The van der Waals surface area contributed by atoms with Crippen LogP contribution in [0.4, 0.5) is 9.59 Å². The normalized spacial score (nSPS) is 10.8. The minimum absolute atomic E-state index is 0.173. The lowest BCUT2D eigenvalue weighted by molar-refractivity contribution is -0.452. The number of carbonyl (C=O) groups excluding carboxylic acids is 4. The van der Waals surface area contributed by atoms with Crippen LogP contribution in [0.3, 0.4) is 0 Å². The number of hydrogen-bond acceptors (Lipinski definition) is 12. The number of unbranched alkanes of at least 4 members (excludes halogenated alkanes) is 9. The monoisotopic (exact) mass is 646 g/mol. The maximum atomic E-state index is 11.9. The van der Waals surface area contributed by atoms with Gasteiger partial charge in [-0.25, -0.2) is 29.0 Å². The molecule has 0 bridgehead atoms. The summed E-state index contributed by atoms with van der Waals surface area (Å²) in [7, 11) is 0. The lowest BCUT2D eigenvalue weighted by Crippen LogP contribution is -2.12. The van der Waals surface area contributed by atoms with Gasteiger partial charge in [0.1, 0.15) is 0 Å². The van der Waals surface area contributed by atoms with Crippen molar-refractivity contribution in [3.05, 3.63) is 70.8 Å². The van der Waals surface area contributed by atoms with Gasteiger partial charge in [0.15, 0.2) is 0 Å². The van der Waals surface area contributed by atoms with Gasteiger partial charge in [0.2, 0.25) is 0 Å². The zero-order valence-electron chi connectivity index (χ0n) is 27.2. The maximum absolute atomic E-state index is 11.9. The summed E-state index contributed by atoms with van der Waals surface area (Å²) in [6.07, 6.45) is 7.37. The van der Waals surface area contributed by atoms with Crippen LogP contribution >= 0.6 is 0 Å². The van der Waals surface area contributed by atoms with E-state index < -0.39 is 24.2 Å². The van der Waals surface area contributed by atoms with Crippen molar-refractivity contribution in [1.29, 1.82) is 0 Å². The molecular formula is C34H46O12. The lowest BCUT2D eigenvalue weighted by atomic mass is 10.0. The average Bonchev–Trinajstić information content (AvgIpc) is 3.04. The van der Waals surface area contributed by atoms with E-state index >= 15 is 0 Å². The second-order valence-electron chi connectivity index (χ2n) is 11.3. The molecule has 0 heterocycles. The van der Waals surface area contributed by atoms with E-state index in [-0.39, 0.29) is 24.3 Å². The van der Waals surface area contributed by atoms with E-state index in [1.165, 1.54) is 0 Å². The van der Waals surface area contributed by atoms with Crippen LogP contribution in [0.15, 0.2) is 48.5 Å². The molecule has 0 fully saturated rings. The molecule has 2 rings (SSSR count). The summed E-state index contributed by atoms with van der Waals surface area (Å²) in [5.74, 6) is -0.903. The van der Waals surface area contributed by atoms with Gasteiger partial charge in [0.05, 0.1) is 34.4 Å². The fraction of sp³-hybridized carbons (Fsp3) is 0.529. The molecule has 12 nitrogen and oxygen atoms in total. The smallest absolute Gasteiger partial charge is 0.432 e. The Morgan fingerprint density at radius 2 is 0.761 bits per heavy atom. The maximum Gasteiger partial charge on any atom is 0.543 e. The van der Waals surface area contributed by atoms with Gasteiger partial charge in [0.25, 0.3) is 0 Å². The molecule has 0 aliphatic heterocycles. The predicted molar refractivity (Wildman–Crippen MR) is 165 cm³/mol. The standard InChI is InChI=1S/C34H46O12/c1-25(2)27-15-19-29(20-16-27)31(35)41-45-43-33(37)39-23-13-11-9-7-5-6-8-10-12-14-24-40-34(38)44-46-42-32(36)30-21-17-28(18-22-30)26(3)4/h15-22,25-26H,5-14,23-24H2,1-4H3. The molecule has 2 aromatic rings. The third kappa shape index (κ3) is 16.2. The van der Waals surface area contributed by atoms with Crippen molar-refractivity contribution in [2.24, 2.45) is 0 Å². The molecule has 0 saturated heterocycles. The highest BCUT2D eigenvalue weighted by Crippen LogP contribution is 2.17. The minimum Gasteiger partial charge on any atom is -0.432 e. The Morgan fingerprint density at radius 3 is 1.07 bits per heavy atom. The van der Waals surface area contributed by atoms with Gasteiger partial charge >= 0.3 is 24.2 Å². The molecule has 0 amide bonds. The summed E-state index contributed by atoms with van der Waals surface area (Å²) in [6.45, 7) is 8.52. The van der Waals surface area contributed by atoms with Crippen LogP contribution in [0.2, 0.25) is 0 Å². The van der Waals surface area contributed by atoms with Crippen LogP contribution in [0, 0.1) is 0 Å². The Labute approximate surface area is 270 Å². The van der Waals surface area contributed by atoms with Crippen molar-refractivity contribution in [3.8, 4) is 0 Å². The molecule has 12 heteroatoms. The van der Waals surface area contributed by atoms with Crippen molar-refractivity contribution in [2.75, 3.05) is 13.2 Å². The molecule has 254 valence electrons. The van der Waals surface area contributed by atoms with Crippen molar-refractivity contribution in [3.63, 3.8) is 0 Å². The highest BCUT2D eigenvalue weighted by Gasteiger charge is 2.14. The van der Waals surface area contributed by atoms with Gasteiger partial charge in [-0.15, -0.1) is 0 Å². The van der Waals surface area contributed by atoms with Gasteiger partial charge in [-0.2, -0.15) is 0 Å². The van der Waals surface area contributed by atoms with Gasteiger partial charge in [-0.05, 0) is 60.1 Å². The zero-order valence-corrected chi connectivity index (χ0v) is 27.2. The van der Waals surface area contributed by atoms with Gasteiger partial charge < -0.3 is 9.47 Å². The van der Waals surface area contributed by atoms with E-state index in [9.17, 15) is 19.2 Å². The lowest BCUT2D eigenvalue weighted by Gasteiger charge is -2.06. The number of hydrogen-bond donors (Lipinski definition) is 0. The van der Waals surface area contributed by atoms with Crippen molar-refractivity contribution in [2.45, 2.75) is 104 Å². The van der Waals surface area contributed by atoms with E-state index in [0.29, 0.717) is 24.7 Å². The van der Waals surface area contributed by atoms with E-state index in [0.717, 1.165) is 62.5 Å². The molecule has 0 radical (unpaired) electrons. The van der Waals surface area contributed by atoms with Crippen molar-refractivity contribution < 1.29 is 58.3 Å². The third-order valence-corrected chi connectivity index (χ3v) is 7.03. The van der Waals surface area contributed by atoms with E-state index in [1.807, 2.05) is 52.0 Å².